The van der Waals surface area contributed by atoms with Crippen LogP contribution in [-0.4, -0.2) is 25.7 Å². The fraction of sp³-hybridized carbons (Fsp3) is 0.250. The van der Waals surface area contributed by atoms with Gasteiger partial charge in [0.1, 0.15) is 5.82 Å². The molecule has 29 heavy (non-hydrogen) atoms. The topological polar surface area (TPSA) is 63.3 Å². The minimum Gasteiger partial charge on any atom is -0.411 e. The maximum absolute atomic E-state index is 13.7. The number of hydrogen-bond acceptors (Lipinski definition) is 4. The van der Waals surface area contributed by atoms with Crippen LogP contribution in [0.3, 0.4) is 0 Å². The molecule has 5 nitrogen and oxygen atoms in total. The van der Waals surface area contributed by atoms with Crippen LogP contribution in [0.15, 0.2) is 47.9 Å². The average molecular weight is 404 g/mol. The number of hydrogen-bond donors (Lipinski definition) is 1. The third-order valence-corrected chi connectivity index (χ3v) is 4.85. The van der Waals surface area contributed by atoms with Gasteiger partial charge in [-0.1, -0.05) is 5.16 Å². The zero-order valence-corrected chi connectivity index (χ0v) is 15.1. The number of halogens is 4. The maximum Gasteiger partial charge on any atom is 0.416 e. The van der Waals surface area contributed by atoms with Crippen molar-refractivity contribution in [2.75, 3.05) is 0 Å². The molecule has 0 fully saturated rings. The monoisotopic (exact) mass is 404 g/mol. The van der Waals surface area contributed by atoms with Gasteiger partial charge in [-0.05, 0) is 67.1 Å². The highest BCUT2D eigenvalue weighted by atomic mass is 19.4. The summed E-state index contributed by atoms with van der Waals surface area (Å²) in [6.07, 6.45) is 0.848. The lowest BCUT2D eigenvalue weighted by molar-refractivity contribution is -0.137. The predicted molar refractivity (Wildman–Crippen MR) is 96.8 cm³/mol. The number of nitrogens with zero attached hydrogens (tertiary/aromatic N) is 4. The molecule has 0 spiro atoms. The molecule has 0 saturated carbocycles. The predicted octanol–water partition coefficient (Wildman–Crippen LogP) is 4.53. The van der Waals surface area contributed by atoms with Crippen LogP contribution in [0.2, 0.25) is 0 Å². The largest absolute Gasteiger partial charge is 0.416 e. The number of rotatable bonds is 3. The van der Waals surface area contributed by atoms with E-state index in [1.165, 1.54) is 6.20 Å². The second kappa shape index (κ2) is 7.31. The summed E-state index contributed by atoms with van der Waals surface area (Å²) in [7, 11) is 0. The number of alkyl halides is 3. The fourth-order valence-corrected chi connectivity index (χ4v) is 3.55. The number of pyridine rings is 1. The Hall–Kier alpha value is -3.23. The van der Waals surface area contributed by atoms with Crippen LogP contribution in [0.25, 0.3) is 5.82 Å². The minimum atomic E-state index is -4.61. The van der Waals surface area contributed by atoms with Crippen molar-refractivity contribution in [1.82, 2.24) is 14.8 Å². The van der Waals surface area contributed by atoms with Crippen molar-refractivity contribution >= 4 is 5.71 Å². The van der Waals surface area contributed by atoms with Crippen LogP contribution in [0.1, 0.15) is 40.8 Å². The molecule has 2 heterocycles. The molecule has 1 aliphatic carbocycles. The fourth-order valence-electron chi connectivity index (χ4n) is 3.55. The van der Waals surface area contributed by atoms with Gasteiger partial charge in [-0.15, -0.1) is 0 Å². The summed E-state index contributed by atoms with van der Waals surface area (Å²) >= 11 is 0. The van der Waals surface area contributed by atoms with Gasteiger partial charge < -0.3 is 5.21 Å². The zero-order valence-electron chi connectivity index (χ0n) is 15.1. The molecule has 2 aromatic heterocycles. The molecule has 1 aromatic carbocycles. The summed E-state index contributed by atoms with van der Waals surface area (Å²) in [6, 6.07) is 5.89. The molecule has 0 amide bonds. The van der Waals surface area contributed by atoms with Crippen LogP contribution >= 0.6 is 0 Å². The van der Waals surface area contributed by atoms with Crippen molar-refractivity contribution in [3.63, 3.8) is 0 Å². The summed E-state index contributed by atoms with van der Waals surface area (Å²) in [5, 5.41) is 16.8. The Morgan fingerprint density at radius 1 is 1.10 bits per heavy atom. The second-order valence-electron chi connectivity index (χ2n) is 6.86. The minimum absolute atomic E-state index is 0.114. The quantitative estimate of drug-likeness (QED) is 0.396. The first-order valence-corrected chi connectivity index (χ1v) is 8.95. The first-order chi connectivity index (χ1) is 13.8. The molecule has 0 bridgehead atoms. The average Bonchev–Trinajstić information content (AvgIpc) is 3.11. The standard InChI is InChI=1S/C20H16F4N4O/c21-15-8-13(7-14(10-15)20(22,23)24)6-12-4-5-25-19(9-12)28-18-3-1-2-17(27-29)16(18)11-26-28/h4-5,7-11,29H,1-3,6H2/b27-17+. The Bertz CT molecular complexity index is 1090. The maximum atomic E-state index is 13.7. The molecular weight excluding hydrogens is 388 g/mol. The molecular formula is C20H16F4N4O. The van der Waals surface area contributed by atoms with E-state index in [0.717, 1.165) is 36.2 Å². The van der Waals surface area contributed by atoms with Gasteiger partial charge in [0.05, 0.1) is 23.2 Å². The van der Waals surface area contributed by atoms with E-state index in [1.807, 2.05) is 0 Å². The summed E-state index contributed by atoms with van der Waals surface area (Å²) in [6.45, 7) is 0. The van der Waals surface area contributed by atoms with Crippen molar-refractivity contribution in [2.24, 2.45) is 5.16 Å². The smallest absolute Gasteiger partial charge is 0.411 e. The summed E-state index contributed by atoms with van der Waals surface area (Å²) in [5.74, 6) is -0.434. The van der Waals surface area contributed by atoms with Crippen LogP contribution in [0.4, 0.5) is 17.6 Å². The summed E-state index contributed by atoms with van der Waals surface area (Å²) < 4.78 is 54.1. The van der Waals surface area contributed by atoms with E-state index in [4.69, 9.17) is 5.21 Å². The van der Waals surface area contributed by atoms with Crippen molar-refractivity contribution < 1.29 is 22.8 Å². The first-order valence-electron chi connectivity index (χ1n) is 8.95. The molecule has 0 unspecified atom stereocenters. The van der Waals surface area contributed by atoms with E-state index in [2.05, 4.69) is 15.2 Å². The summed E-state index contributed by atoms with van der Waals surface area (Å²) in [4.78, 5) is 4.30. The molecule has 1 N–H and O–H groups in total. The Balaban J connectivity index is 1.66. The third-order valence-electron chi connectivity index (χ3n) is 4.85. The van der Waals surface area contributed by atoms with Gasteiger partial charge in [0.2, 0.25) is 0 Å². The highest BCUT2D eigenvalue weighted by Gasteiger charge is 2.31. The third kappa shape index (κ3) is 3.85. The second-order valence-corrected chi connectivity index (χ2v) is 6.86. The number of oxime groups is 1. The Morgan fingerprint density at radius 2 is 1.93 bits per heavy atom. The van der Waals surface area contributed by atoms with Gasteiger partial charge in [0.25, 0.3) is 0 Å². The Labute approximate surface area is 163 Å². The lowest BCUT2D eigenvalue weighted by Crippen LogP contribution is -2.14. The van der Waals surface area contributed by atoms with Crippen molar-refractivity contribution in [3.05, 3.63) is 76.5 Å². The van der Waals surface area contributed by atoms with E-state index in [1.54, 1.807) is 23.0 Å². The molecule has 9 heteroatoms. The van der Waals surface area contributed by atoms with E-state index in [0.29, 0.717) is 29.6 Å². The molecule has 0 aliphatic heterocycles. The Kier molecular flexibility index (Phi) is 4.81. The zero-order chi connectivity index (χ0) is 20.6. The lowest BCUT2D eigenvalue weighted by Gasteiger charge is -2.15. The normalized spacial score (nSPS) is 15.5. The molecule has 0 radical (unpaired) electrons. The van der Waals surface area contributed by atoms with Crippen molar-refractivity contribution in [2.45, 2.75) is 31.9 Å². The van der Waals surface area contributed by atoms with Crippen molar-refractivity contribution in [1.29, 1.82) is 0 Å². The molecule has 3 aromatic rings. The van der Waals surface area contributed by atoms with Crippen molar-refractivity contribution in [3.8, 4) is 5.82 Å². The van der Waals surface area contributed by atoms with Crippen LogP contribution in [0.5, 0.6) is 0 Å². The van der Waals surface area contributed by atoms with Gasteiger partial charge >= 0.3 is 6.18 Å². The Morgan fingerprint density at radius 3 is 2.69 bits per heavy atom. The number of fused-ring (bicyclic) bond motifs is 1. The highest BCUT2D eigenvalue weighted by molar-refractivity contribution is 6.01. The van der Waals surface area contributed by atoms with Crippen LogP contribution < -0.4 is 0 Å². The molecule has 1 aliphatic rings. The number of benzene rings is 1. The van der Waals surface area contributed by atoms with Crippen LogP contribution in [0, 0.1) is 5.82 Å². The van der Waals surface area contributed by atoms with Gasteiger partial charge in [-0.3, -0.25) is 0 Å². The van der Waals surface area contributed by atoms with E-state index in [9.17, 15) is 17.6 Å². The SMILES string of the molecule is O/N=C1\CCCc2c1cnn2-c1cc(Cc2cc(F)cc(C(F)(F)F)c2)ccn1. The van der Waals surface area contributed by atoms with Crippen LogP contribution in [-0.2, 0) is 19.0 Å². The van der Waals surface area contributed by atoms with E-state index < -0.39 is 17.6 Å². The highest BCUT2D eigenvalue weighted by Crippen LogP contribution is 2.31. The van der Waals surface area contributed by atoms with Gasteiger partial charge in [-0.25, -0.2) is 14.1 Å². The molecule has 0 saturated heterocycles. The summed E-state index contributed by atoms with van der Waals surface area (Å²) in [5.41, 5.74) is 2.05. The van der Waals surface area contributed by atoms with E-state index >= 15 is 0 Å². The first kappa shape index (κ1) is 19.1. The lowest BCUT2D eigenvalue weighted by atomic mass is 9.96. The van der Waals surface area contributed by atoms with Gasteiger partial charge in [0.15, 0.2) is 5.82 Å². The van der Waals surface area contributed by atoms with Gasteiger partial charge in [0, 0.05) is 11.8 Å². The molecule has 150 valence electrons. The molecule has 0 atom stereocenters. The van der Waals surface area contributed by atoms with E-state index in [-0.39, 0.29) is 12.0 Å². The van der Waals surface area contributed by atoms with Gasteiger partial charge in [-0.2, -0.15) is 18.3 Å². The number of aromatic nitrogens is 3. The molecule has 4 rings (SSSR count).